The Balaban J connectivity index is 2.35. The second-order valence-electron chi connectivity index (χ2n) is 3.97. The molecule has 0 spiro atoms. The minimum absolute atomic E-state index is 0.230. The first-order chi connectivity index (χ1) is 8.69. The number of carbonyl (C=O) groups excluding carboxylic acids is 1. The molecule has 2 aromatic carbocycles. The molecule has 3 heteroatoms. The summed E-state index contributed by atoms with van der Waals surface area (Å²) in [6.45, 7) is 0. The van der Waals surface area contributed by atoms with Crippen molar-refractivity contribution in [1.29, 1.82) is 0 Å². The molecule has 0 atom stereocenters. The summed E-state index contributed by atoms with van der Waals surface area (Å²) in [4.78, 5) is 11.3. The van der Waals surface area contributed by atoms with E-state index in [-0.39, 0.29) is 12.4 Å². The van der Waals surface area contributed by atoms with Gasteiger partial charge in [0.2, 0.25) is 0 Å². The molecule has 18 heavy (non-hydrogen) atoms. The van der Waals surface area contributed by atoms with Crippen LogP contribution in [0, 0.1) is 0 Å². The molecule has 0 aliphatic carbocycles. The molecule has 2 nitrogen and oxygen atoms in total. The van der Waals surface area contributed by atoms with Gasteiger partial charge in [-0.15, -0.1) is 0 Å². The van der Waals surface area contributed by atoms with Crippen molar-refractivity contribution in [2.24, 2.45) is 0 Å². The molecule has 0 bridgehead atoms. The second kappa shape index (κ2) is 5.83. The van der Waals surface area contributed by atoms with Crippen LogP contribution in [0.3, 0.4) is 0 Å². The van der Waals surface area contributed by atoms with Crippen molar-refractivity contribution in [2.45, 2.75) is 6.42 Å². The number of rotatable bonds is 3. The zero-order chi connectivity index (χ0) is 13.0. The van der Waals surface area contributed by atoms with Crippen molar-refractivity contribution in [1.82, 2.24) is 0 Å². The summed E-state index contributed by atoms with van der Waals surface area (Å²) in [7, 11) is 1.40. The van der Waals surface area contributed by atoms with E-state index < -0.39 is 0 Å². The van der Waals surface area contributed by atoms with Crippen LogP contribution in [0.25, 0.3) is 11.1 Å². The third-order valence-corrected chi connectivity index (χ3v) is 3.10. The molecule has 0 aliphatic rings. The van der Waals surface area contributed by atoms with Gasteiger partial charge in [-0.1, -0.05) is 52.3 Å². The molecule has 0 radical (unpaired) electrons. The van der Waals surface area contributed by atoms with Crippen LogP contribution in [0.2, 0.25) is 0 Å². The summed E-state index contributed by atoms with van der Waals surface area (Å²) in [5.74, 6) is -0.230. The molecule has 0 N–H and O–H groups in total. The predicted octanol–water partition coefficient (Wildman–Crippen LogP) is 3.83. The second-order valence-corrected chi connectivity index (χ2v) is 4.88. The largest absolute Gasteiger partial charge is 0.469 e. The number of hydrogen-bond donors (Lipinski definition) is 0. The van der Waals surface area contributed by atoms with Crippen molar-refractivity contribution in [3.8, 4) is 11.1 Å². The molecule has 2 rings (SSSR count). The molecule has 0 saturated heterocycles. The van der Waals surface area contributed by atoms with Crippen LogP contribution in [0.1, 0.15) is 5.56 Å². The molecule has 0 unspecified atom stereocenters. The standard InChI is InChI=1S/C15H13BrO2/c1-18-15(17)9-11-7-13(10-14(16)8-11)12-5-3-2-4-6-12/h2-8,10H,9H2,1H3. The molecular weight excluding hydrogens is 292 g/mol. The average molecular weight is 305 g/mol. The smallest absolute Gasteiger partial charge is 0.309 e. The summed E-state index contributed by atoms with van der Waals surface area (Å²) in [5, 5.41) is 0. The summed E-state index contributed by atoms with van der Waals surface area (Å²) < 4.78 is 5.65. The third kappa shape index (κ3) is 3.20. The number of esters is 1. The highest BCUT2D eigenvalue weighted by Gasteiger charge is 2.06. The van der Waals surface area contributed by atoms with E-state index in [4.69, 9.17) is 0 Å². The summed E-state index contributed by atoms with van der Waals surface area (Å²) in [5.41, 5.74) is 3.16. The Kier molecular flexibility index (Phi) is 4.15. The Morgan fingerprint density at radius 2 is 1.83 bits per heavy atom. The van der Waals surface area contributed by atoms with Gasteiger partial charge in [-0.05, 0) is 28.8 Å². The molecule has 0 heterocycles. The number of methoxy groups -OCH3 is 1. The lowest BCUT2D eigenvalue weighted by molar-refractivity contribution is -0.139. The van der Waals surface area contributed by atoms with Crippen LogP contribution in [-0.4, -0.2) is 13.1 Å². The van der Waals surface area contributed by atoms with E-state index in [1.807, 2.05) is 48.5 Å². The highest BCUT2D eigenvalue weighted by Crippen LogP contribution is 2.25. The van der Waals surface area contributed by atoms with E-state index in [9.17, 15) is 4.79 Å². The third-order valence-electron chi connectivity index (χ3n) is 2.64. The van der Waals surface area contributed by atoms with Crippen molar-refractivity contribution in [2.75, 3.05) is 7.11 Å². The van der Waals surface area contributed by atoms with Crippen molar-refractivity contribution in [3.63, 3.8) is 0 Å². The van der Waals surface area contributed by atoms with Gasteiger partial charge in [-0.2, -0.15) is 0 Å². The van der Waals surface area contributed by atoms with Crippen molar-refractivity contribution in [3.05, 3.63) is 58.6 Å². The van der Waals surface area contributed by atoms with Crippen molar-refractivity contribution < 1.29 is 9.53 Å². The Bertz CT molecular complexity index is 550. The Hall–Kier alpha value is -1.61. The van der Waals surface area contributed by atoms with E-state index in [0.29, 0.717) is 0 Å². The summed E-state index contributed by atoms with van der Waals surface area (Å²) in [6.07, 6.45) is 0.287. The first-order valence-corrected chi connectivity index (χ1v) is 6.40. The summed E-state index contributed by atoms with van der Waals surface area (Å²) >= 11 is 3.47. The van der Waals surface area contributed by atoms with E-state index in [0.717, 1.165) is 21.2 Å². The first kappa shape index (κ1) is 12.8. The van der Waals surface area contributed by atoms with Crippen LogP contribution in [0.4, 0.5) is 0 Å². The molecule has 0 saturated carbocycles. The predicted molar refractivity (Wildman–Crippen MR) is 75.3 cm³/mol. The number of benzene rings is 2. The van der Waals surface area contributed by atoms with E-state index in [2.05, 4.69) is 20.7 Å². The molecule has 0 fully saturated rings. The normalized spacial score (nSPS) is 10.1. The SMILES string of the molecule is COC(=O)Cc1cc(Br)cc(-c2ccccc2)c1. The maximum Gasteiger partial charge on any atom is 0.309 e. The van der Waals surface area contributed by atoms with Gasteiger partial charge in [0.15, 0.2) is 0 Å². The van der Waals surface area contributed by atoms with Gasteiger partial charge >= 0.3 is 5.97 Å². The maximum absolute atomic E-state index is 11.3. The average Bonchev–Trinajstić information content (AvgIpc) is 2.39. The minimum Gasteiger partial charge on any atom is -0.469 e. The Morgan fingerprint density at radius 3 is 2.50 bits per heavy atom. The topological polar surface area (TPSA) is 26.3 Å². The maximum atomic E-state index is 11.3. The zero-order valence-corrected chi connectivity index (χ0v) is 11.6. The van der Waals surface area contributed by atoms with Crippen LogP contribution in [-0.2, 0) is 16.0 Å². The number of carbonyl (C=O) groups is 1. The lowest BCUT2D eigenvalue weighted by Gasteiger charge is -2.06. The first-order valence-electron chi connectivity index (χ1n) is 5.61. The van der Waals surface area contributed by atoms with Gasteiger partial charge in [0, 0.05) is 4.47 Å². The number of halogens is 1. The van der Waals surface area contributed by atoms with Gasteiger partial charge in [0.1, 0.15) is 0 Å². The van der Waals surface area contributed by atoms with E-state index >= 15 is 0 Å². The lowest BCUT2D eigenvalue weighted by Crippen LogP contribution is -2.04. The quantitative estimate of drug-likeness (QED) is 0.806. The van der Waals surface area contributed by atoms with Crippen LogP contribution in [0.5, 0.6) is 0 Å². The van der Waals surface area contributed by atoms with Gasteiger partial charge in [-0.3, -0.25) is 4.79 Å². The highest BCUT2D eigenvalue weighted by atomic mass is 79.9. The van der Waals surface area contributed by atoms with E-state index in [1.165, 1.54) is 7.11 Å². The fourth-order valence-electron chi connectivity index (χ4n) is 1.79. The zero-order valence-electron chi connectivity index (χ0n) is 10.0. The van der Waals surface area contributed by atoms with Gasteiger partial charge in [-0.25, -0.2) is 0 Å². The van der Waals surface area contributed by atoms with Gasteiger partial charge < -0.3 is 4.74 Å². The number of ether oxygens (including phenoxy) is 1. The van der Waals surface area contributed by atoms with E-state index in [1.54, 1.807) is 0 Å². The van der Waals surface area contributed by atoms with Crippen molar-refractivity contribution >= 4 is 21.9 Å². The van der Waals surface area contributed by atoms with Crippen LogP contribution >= 0.6 is 15.9 Å². The monoisotopic (exact) mass is 304 g/mol. The molecule has 0 aliphatic heterocycles. The molecular formula is C15H13BrO2. The fourth-order valence-corrected chi connectivity index (χ4v) is 2.33. The van der Waals surface area contributed by atoms with Gasteiger partial charge in [0.05, 0.1) is 13.5 Å². The minimum atomic E-state index is -0.230. The Labute approximate surface area is 115 Å². The highest BCUT2D eigenvalue weighted by molar-refractivity contribution is 9.10. The molecule has 2 aromatic rings. The molecule has 0 aromatic heterocycles. The molecule has 92 valence electrons. The fraction of sp³-hybridized carbons (Fsp3) is 0.133. The van der Waals surface area contributed by atoms with Gasteiger partial charge in [0.25, 0.3) is 0 Å². The lowest BCUT2D eigenvalue weighted by atomic mass is 10.0. The number of hydrogen-bond acceptors (Lipinski definition) is 2. The van der Waals surface area contributed by atoms with Crippen LogP contribution in [0.15, 0.2) is 53.0 Å². The molecule has 0 amide bonds. The summed E-state index contributed by atoms with van der Waals surface area (Å²) in [6, 6.07) is 16.0. The Morgan fingerprint density at radius 1 is 1.11 bits per heavy atom. The van der Waals surface area contributed by atoms with Crippen LogP contribution < -0.4 is 0 Å².